The van der Waals surface area contributed by atoms with Gasteiger partial charge in [0.1, 0.15) is 5.76 Å². The van der Waals surface area contributed by atoms with Gasteiger partial charge in [0.15, 0.2) is 0 Å². The van der Waals surface area contributed by atoms with Crippen molar-refractivity contribution in [2.24, 2.45) is 0 Å². The minimum absolute atomic E-state index is 0.0221. The van der Waals surface area contributed by atoms with E-state index in [-0.39, 0.29) is 23.7 Å². The van der Waals surface area contributed by atoms with Crippen LogP contribution in [0.5, 0.6) is 0 Å². The maximum absolute atomic E-state index is 12.8. The zero-order valence-electron chi connectivity index (χ0n) is 16.6. The zero-order chi connectivity index (χ0) is 22.4. The van der Waals surface area contributed by atoms with E-state index < -0.39 is 17.6 Å². The first-order chi connectivity index (χ1) is 14.7. The average molecular weight is 431 g/mol. The van der Waals surface area contributed by atoms with Crippen molar-refractivity contribution in [3.05, 3.63) is 83.8 Å². The Kier molecular flexibility index (Phi) is 6.76. The molecule has 2 aromatic carbocycles. The standard InChI is InChI=1S/C22H20F3N3O3/c1-28(13-19-9-4-10-31-19)14-20(29)26-17-7-2-5-15(11-17)21(30)27-18-8-3-6-16(12-18)22(23,24)25/h2-12H,13-14H2,1H3,(H,26,29)(H,27,30). The topological polar surface area (TPSA) is 74.6 Å². The third-order valence-corrected chi connectivity index (χ3v) is 4.28. The summed E-state index contributed by atoms with van der Waals surface area (Å²) in [7, 11) is 1.76. The van der Waals surface area contributed by atoms with Crippen LogP contribution in [0.3, 0.4) is 0 Å². The summed E-state index contributed by atoms with van der Waals surface area (Å²) < 4.78 is 43.8. The van der Waals surface area contributed by atoms with Gasteiger partial charge in [0.25, 0.3) is 5.91 Å². The summed E-state index contributed by atoms with van der Waals surface area (Å²) in [6, 6.07) is 14.1. The van der Waals surface area contributed by atoms with Gasteiger partial charge in [0.2, 0.25) is 5.91 Å². The summed E-state index contributed by atoms with van der Waals surface area (Å²) in [5.41, 5.74) is -0.244. The molecule has 0 spiro atoms. The lowest BCUT2D eigenvalue weighted by Gasteiger charge is -2.15. The van der Waals surface area contributed by atoms with Crippen LogP contribution in [0.25, 0.3) is 0 Å². The Morgan fingerprint density at radius 1 is 0.968 bits per heavy atom. The van der Waals surface area contributed by atoms with E-state index in [1.165, 1.54) is 24.3 Å². The SMILES string of the molecule is CN(CC(=O)Nc1cccc(C(=O)Nc2cccc(C(F)(F)F)c2)c1)Cc1ccco1. The molecule has 0 saturated carbocycles. The van der Waals surface area contributed by atoms with E-state index in [9.17, 15) is 22.8 Å². The first-order valence-electron chi connectivity index (χ1n) is 9.30. The number of carbonyl (C=O) groups excluding carboxylic acids is 2. The molecule has 0 aliphatic carbocycles. The Labute approximate surface area is 176 Å². The van der Waals surface area contributed by atoms with Crippen LogP contribution in [-0.2, 0) is 17.5 Å². The minimum atomic E-state index is -4.50. The first-order valence-corrected chi connectivity index (χ1v) is 9.30. The number of carbonyl (C=O) groups is 2. The molecule has 2 N–H and O–H groups in total. The summed E-state index contributed by atoms with van der Waals surface area (Å²) in [6.07, 6.45) is -2.95. The second-order valence-electron chi connectivity index (χ2n) is 6.91. The lowest BCUT2D eigenvalue weighted by Crippen LogP contribution is -2.29. The molecule has 3 aromatic rings. The molecule has 0 aliphatic heterocycles. The van der Waals surface area contributed by atoms with Gasteiger partial charge < -0.3 is 15.1 Å². The lowest BCUT2D eigenvalue weighted by molar-refractivity contribution is -0.137. The minimum Gasteiger partial charge on any atom is -0.468 e. The van der Waals surface area contributed by atoms with E-state index in [4.69, 9.17) is 4.42 Å². The van der Waals surface area contributed by atoms with Crippen LogP contribution >= 0.6 is 0 Å². The van der Waals surface area contributed by atoms with Crippen molar-refractivity contribution in [2.75, 3.05) is 24.2 Å². The second kappa shape index (κ2) is 9.48. The average Bonchev–Trinajstić information content (AvgIpc) is 3.20. The maximum atomic E-state index is 12.8. The predicted octanol–water partition coefficient (Wildman–Crippen LogP) is 4.62. The summed E-state index contributed by atoms with van der Waals surface area (Å²) in [5.74, 6) is -0.154. The molecule has 0 fully saturated rings. The Balaban J connectivity index is 1.60. The molecule has 0 aliphatic rings. The molecule has 3 rings (SSSR count). The zero-order valence-corrected chi connectivity index (χ0v) is 16.6. The summed E-state index contributed by atoms with van der Waals surface area (Å²) in [4.78, 5) is 26.5. The third-order valence-electron chi connectivity index (χ3n) is 4.28. The summed E-state index contributed by atoms with van der Waals surface area (Å²) in [5, 5.41) is 5.14. The van der Waals surface area contributed by atoms with Gasteiger partial charge in [-0.2, -0.15) is 13.2 Å². The van der Waals surface area contributed by atoms with Gasteiger partial charge in [-0.1, -0.05) is 12.1 Å². The van der Waals surface area contributed by atoms with Gasteiger partial charge in [0, 0.05) is 16.9 Å². The van der Waals surface area contributed by atoms with Crippen molar-refractivity contribution in [1.29, 1.82) is 0 Å². The number of hydrogen-bond acceptors (Lipinski definition) is 4. The Morgan fingerprint density at radius 3 is 2.35 bits per heavy atom. The van der Waals surface area contributed by atoms with E-state index in [1.54, 1.807) is 42.5 Å². The molecule has 2 amide bonds. The van der Waals surface area contributed by atoms with E-state index in [1.807, 2.05) is 0 Å². The molecule has 1 aromatic heterocycles. The molecule has 31 heavy (non-hydrogen) atoms. The monoisotopic (exact) mass is 431 g/mol. The van der Waals surface area contributed by atoms with Crippen LogP contribution in [0.15, 0.2) is 71.3 Å². The number of furan rings is 1. The van der Waals surface area contributed by atoms with E-state index in [2.05, 4.69) is 10.6 Å². The Bertz CT molecular complexity index is 1050. The predicted molar refractivity (Wildman–Crippen MR) is 110 cm³/mol. The van der Waals surface area contributed by atoms with E-state index in [0.29, 0.717) is 12.2 Å². The van der Waals surface area contributed by atoms with Gasteiger partial charge in [0.05, 0.1) is 24.9 Å². The molecular formula is C22H20F3N3O3. The molecule has 0 unspecified atom stereocenters. The number of rotatable bonds is 7. The molecule has 1 heterocycles. The highest BCUT2D eigenvalue weighted by Gasteiger charge is 2.30. The molecule has 0 saturated heterocycles. The number of halogens is 3. The van der Waals surface area contributed by atoms with Crippen molar-refractivity contribution in [3.63, 3.8) is 0 Å². The van der Waals surface area contributed by atoms with Crippen LogP contribution in [0.4, 0.5) is 24.5 Å². The van der Waals surface area contributed by atoms with Crippen LogP contribution < -0.4 is 10.6 Å². The Morgan fingerprint density at radius 2 is 1.68 bits per heavy atom. The van der Waals surface area contributed by atoms with Crippen LogP contribution in [0, 0.1) is 0 Å². The molecule has 0 atom stereocenters. The molecule has 0 radical (unpaired) electrons. The highest BCUT2D eigenvalue weighted by molar-refractivity contribution is 6.05. The van der Waals surface area contributed by atoms with Crippen molar-refractivity contribution in [1.82, 2.24) is 4.90 Å². The van der Waals surface area contributed by atoms with Gasteiger partial charge in [-0.3, -0.25) is 14.5 Å². The molecule has 0 bridgehead atoms. The van der Waals surface area contributed by atoms with Crippen LogP contribution in [0.2, 0.25) is 0 Å². The van der Waals surface area contributed by atoms with Crippen LogP contribution in [-0.4, -0.2) is 30.3 Å². The summed E-state index contributed by atoms with van der Waals surface area (Å²) in [6.45, 7) is 0.557. The summed E-state index contributed by atoms with van der Waals surface area (Å²) >= 11 is 0. The first kappa shape index (κ1) is 22.1. The number of likely N-dealkylation sites (N-methyl/N-ethyl adjacent to an activating group) is 1. The Hall–Kier alpha value is -3.59. The van der Waals surface area contributed by atoms with E-state index in [0.717, 1.165) is 17.9 Å². The second-order valence-corrected chi connectivity index (χ2v) is 6.91. The maximum Gasteiger partial charge on any atom is 0.416 e. The van der Waals surface area contributed by atoms with Crippen LogP contribution in [0.1, 0.15) is 21.7 Å². The van der Waals surface area contributed by atoms with Crippen molar-refractivity contribution < 1.29 is 27.2 Å². The molecule has 9 heteroatoms. The molecule has 6 nitrogen and oxygen atoms in total. The van der Waals surface area contributed by atoms with Crippen molar-refractivity contribution in [3.8, 4) is 0 Å². The van der Waals surface area contributed by atoms with Gasteiger partial charge in [-0.15, -0.1) is 0 Å². The van der Waals surface area contributed by atoms with Gasteiger partial charge in [-0.05, 0) is 55.6 Å². The van der Waals surface area contributed by atoms with Crippen molar-refractivity contribution >= 4 is 23.2 Å². The molecular weight excluding hydrogens is 411 g/mol. The number of nitrogens with zero attached hydrogens (tertiary/aromatic N) is 1. The van der Waals surface area contributed by atoms with Crippen molar-refractivity contribution in [2.45, 2.75) is 12.7 Å². The number of anilines is 2. The number of alkyl halides is 3. The largest absolute Gasteiger partial charge is 0.468 e. The number of amides is 2. The highest BCUT2D eigenvalue weighted by Crippen LogP contribution is 2.30. The normalized spacial score (nSPS) is 11.4. The number of hydrogen-bond donors (Lipinski definition) is 2. The van der Waals surface area contributed by atoms with Gasteiger partial charge in [-0.25, -0.2) is 0 Å². The molecule has 162 valence electrons. The quantitative estimate of drug-likeness (QED) is 0.573. The fraction of sp³-hybridized carbons (Fsp3) is 0.182. The lowest BCUT2D eigenvalue weighted by atomic mass is 10.1. The third kappa shape index (κ3) is 6.45. The fourth-order valence-electron chi connectivity index (χ4n) is 2.88. The smallest absolute Gasteiger partial charge is 0.416 e. The van der Waals surface area contributed by atoms with Gasteiger partial charge >= 0.3 is 6.18 Å². The van der Waals surface area contributed by atoms with E-state index >= 15 is 0 Å². The number of benzene rings is 2. The fourth-order valence-corrected chi connectivity index (χ4v) is 2.88. The number of nitrogens with one attached hydrogen (secondary N) is 2. The highest BCUT2D eigenvalue weighted by atomic mass is 19.4.